The molecule has 1 aromatic heterocycles. The summed E-state index contributed by atoms with van der Waals surface area (Å²) in [5.74, 6) is 1.17. The summed E-state index contributed by atoms with van der Waals surface area (Å²) in [5.41, 5.74) is 3.81. The van der Waals surface area contributed by atoms with Crippen LogP contribution in [0.4, 0.5) is 23.1 Å². The van der Waals surface area contributed by atoms with E-state index in [1.54, 1.807) is 18.3 Å². The Hall–Kier alpha value is -3.46. The molecule has 0 amide bonds. The molecule has 2 heterocycles. The molecule has 0 radical (unpaired) electrons. The molecule has 0 atom stereocenters. The van der Waals surface area contributed by atoms with Crippen LogP contribution in [0.2, 0.25) is 0 Å². The van der Waals surface area contributed by atoms with Gasteiger partial charge in [0.2, 0.25) is 5.95 Å². The van der Waals surface area contributed by atoms with Crippen LogP contribution in [0.1, 0.15) is 11.1 Å². The first-order valence-electron chi connectivity index (χ1n) is 7.66. The fourth-order valence-electron chi connectivity index (χ4n) is 2.85. The van der Waals surface area contributed by atoms with E-state index in [0.717, 1.165) is 30.2 Å². The Kier molecular flexibility index (Phi) is 3.52. The fourth-order valence-corrected chi connectivity index (χ4v) is 2.85. The Labute approximate surface area is 139 Å². The summed E-state index contributed by atoms with van der Waals surface area (Å²) in [6.07, 6.45) is 2.66. The second-order valence-electron chi connectivity index (χ2n) is 5.49. The first-order valence-corrected chi connectivity index (χ1v) is 7.66. The van der Waals surface area contributed by atoms with Gasteiger partial charge in [0.05, 0.1) is 17.8 Å². The van der Waals surface area contributed by atoms with Crippen molar-refractivity contribution in [2.45, 2.75) is 6.42 Å². The van der Waals surface area contributed by atoms with Crippen molar-refractivity contribution in [1.29, 1.82) is 5.26 Å². The van der Waals surface area contributed by atoms with E-state index in [-0.39, 0.29) is 0 Å². The number of para-hydroxylation sites is 1. The Balaban J connectivity index is 1.62. The molecule has 0 fully saturated rings. The smallest absolute Gasteiger partial charge is 0.249 e. The molecule has 24 heavy (non-hydrogen) atoms. The number of nitrogens with one attached hydrogen (secondary N) is 1. The standard InChI is InChI=1S/C18H14N6/c19-11-13-4-3-6-15(10-13)21-18-22-17(12-20-23-18)24-9-8-14-5-1-2-7-16(14)24/h1-7,10,12H,8-9H2,(H,21,22,23). The number of hydrogen-bond acceptors (Lipinski definition) is 6. The zero-order valence-corrected chi connectivity index (χ0v) is 12.8. The average Bonchev–Trinajstić information content (AvgIpc) is 3.06. The highest BCUT2D eigenvalue weighted by molar-refractivity contribution is 5.68. The van der Waals surface area contributed by atoms with Crippen molar-refractivity contribution in [2.75, 3.05) is 16.8 Å². The normalized spacial score (nSPS) is 12.5. The van der Waals surface area contributed by atoms with Gasteiger partial charge in [-0.2, -0.15) is 15.3 Å². The zero-order chi connectivity index (χ0) is 16.4. The highest BCUT2D eigenvalue weighted by Crippen LogP contribution is 2.33. The highest BCUT2D eigenvalue weighted by atomic mass is 15.3. The van der Waals surface area contributed by atoms with Crippen molar-refractivity contribution in [1.82, 2.24) is 15.2 Å². The molecular weight excluding hydrogens is 300 g/mol. The van der Waals surface area contributed by atoms with E-state index >= 15 is 0 Å². The van der Waals surface area contributed by atoms with Gasteiger partial charge in [-0.1, -0.05) is 24.3 Å². The number of nitrogens with zero attached hydrogens (tertiary/aromatic N) is 5. The van der Waals surface area contributed by atoms with Gasteiger partial charge in [0, 0.05) is 17.9 Å². The number of rotatable bonds is 3. The van der Waals surface area contributed by atoms with E-state index in [0.29, 0.717) is 11.5 Å². The van der Waals surface area contributed by atoms with Crippen molar-refractivity contribution in [3.8, 4) is 6.07 Å². The van der Waals surface area contributed by atoms with Crippen LogP contribution < -0.4 is 10.2 Å². The van der Waals surface area contributed by atoms with Crippen LogP contribution in [-0.4, -0.2) is 21.7 Å². The molecule has 4 rings (SSSR count). The quantitative estimate of drug-likeness (QED) is 0.800. The molecule has 6 nitrogen and oxygen atoms in total. The first-order chi connectivity index (χ1) is 11.8. The Morgan fingerprint density at radius 3 is 2.96 bits per heavy atom. The first kappa shape index (κ1) is 14.2. The highest BCUT2D eigenvalue weighted by Gasteiger charge is 2.21. The number of hydrogen-bond donors (Lipinski definition) is 1. The number of aromatic nitrogens is 3. The van der Waals surface area contributed by atoms with E-state index in [2.05, 4.69) is 49.7 Å². The monoisotopic (exact) mass is 314 g/mol. The molecule has 6 heteroatoms. The maximum absolute atomic E-state index is 8.98. The zero-order valence-electron chi connectivity index (χ0n) is 12.8. The van der Waals surface area contributed by atoms with Crippen molar-refractivity contribution >= 4 is 23.1 Å². The summed E-state index contributed by atoms with van der Waals surface area (Å²) >= 11 is 0. The van der Waals surface area contributed by atoms with Gasteiger partial charge in [0.1, 0.15) is 0 Å². The predicted octanol–water partition coefficient (Wildman–Crippen LogP) is 3.18. The molecule has 0 aliphatic carbocycles. The summed E-state index contributed by atoms with van der Waals surface area (Å²) in [6, 6.07) is 17.6. The number of anilines is 4. The maximum atomic E-state index is 8.98. The molecule has 3 aromatic rings. The van der Waals surface area contributed by atoms with Gasteiger partial charge in [-0.15, -0.1) is 5.10 Å². The van der Waals surface area contributed by atoms with Crippen LogP contribution in [0.3, 0.4) is 0 Å². The minimum Gasteiger partial charge on any atom is -0.324 e. The Bertz CT molecular complexity index is 931. The molecule has 1 aliphatic heterocycles. The lowest BCUT2D eigenvalue weighted by atomic mass is 10.2. The summed E-state index contributed by atoms with van der Waals surface area (Å²) < 4.78 is 0. The van der Waals surface area contributed by atoms with Crippen LogP contribution in [0.5, 0.6) is 0 Å². The van der Waals surface area contributed by atoms with E-state index in [1.807, 2.05) is 18.2 Å². The van der Waals surface area contributed by atoms with Crippen LogP contribution in [0.15, 0.2) is 54.7 Å². The van der Waals surface area contributed by atoms with E-state index in [9.17, 15) is 0 Å². The van der Waals surface area contributed by atoms with Gasteiger partial charge in [-0.3, -0.25) is 0 Å². The van der Waals surface area contributed by atoms with Gasteiger partial charge in [-0.05, 0) is 36.2 Å². The molecule has 0 unspecified atom stereocenters. The van der Waals surface area contributed by atoms with Crippen molar-refractivity contribution < 1.29 is 0 Å². The number of fused-ring (bicyclic) bond motifs is 1. The van der Waals surface area contributed by atoms with Gasteiger partial charge in [0.25, 0.3) is 0 Å². The molecular formula is C18H14N6. The third-order valence-electron chi connectivity index (χ3n) is 3.96. The molecule has 0 bridgehead atoms. The molecule has 2 aromatic carbocycles. The lowest BCUT2D eigenvalue weighted by Gasteiger charge is -2.18. The Morgan fingerprint density at radius 1 is 1.12 bits per heavy atom. The van der Waals surface area contributed by atoms with E-state index < -0.39 is 0 Å². The fraction of sp³-hybridized carbons (Fsp3) is 0.111. The van der Waals surface area contributed by atoms with Crippen LogP contribution in [0, 0.1) is 11.3 Å². The predicted molar refractivity (Wildman–Crippen MR) is 91.4 cm³/mol. The van der Waals surface area contributed by atoms with Crippen molar-refractivity contribution in [3.05, 3.63) is 65.9 Å². The summed E-state index contributed by atoms with van der Waals surface area (Å²) in [7, 11) is 0. The van der Waals surface area contributed by atoms with Gasteiger partial charge in [-0.25, -0.2) is 0 Å². The SMILES string of the molecule is N#Cc1cccc(Nc2nncc(N3CCc4ccccc43)n2)c1. The van der Waals surface area contributed by atoms with Gasteiger partial charge < -0.3 is 10.2 Å². The van der Waals surface area contributed by atoms with Gasteiger partial charge >= 0.3 is 0 Å². The maximum Gasteiger partial charge on any atom is 0.249 e. The number of nitriles is 1. The van der Waals surface area contributed by atoms with Crippen LogP contribution in [-0.2, 0) is 6.42 Å². The molecule has 1 N–H and O–H groups in total. The molecule has 0 spiro atoms. The Morgan fingerprint density at radius 2 is 2.04 bits per heavy atom. The molecule has 0 saturated carbocycles. The molecule has 116 valence electrons. The van der Waals surface area contributed by atoms with E-state index in [4.69, 9.17) is 5.26 Å². The summed E-state index contributed by atoms with van der Waals surface area (Å²) in [5, 5.41) is 20.2. The van der Waals surface area contributed by atoms with Gasteiger partial charge in [0.15, 0.2) is 5.82 Å². The van der Waals surface area contributed by atoms with Crippen molar-refractivity contribution in [2.24, 2.45) is 0 Å². The minimum absolute atomic E-state index is 0.409. The topological polar surface area (TPSA) is 77.7 Å². The lowest BCUT2D eigenvalue weighted by molar-refractivity contribution is 0.920. The van der Waals surface area contributed by atoms with Crippen LogP contribution in [0.25, 0.3) is 0 Å². The third-order valence-corrected chi connectivity index (χ3v) is 3.96. The second-order valence-corrected chi connectivity index (χ2v) is 5.49. The molecule has 1 aliphatic rings. The lowest BCUT2D eigenvalue weighted by Crippen LogP contribution is -2.16. The summed E-state index contributed by atoms with van der Waals surface area (Å²) in [6.45, 7) is 0.876. The molecule has 0 saturated heterocycles. The summed E-state index contributed by atoms with van der Waals surface area (Å²) in [4.78, 5) is 6.70. The number of benzene rings is 2. The largest absolute Gasteiger partial charge is 0.324 e. The minimum atomic E-state index is 0.409. The van der Waals surface area contributed by atoms with E-state index in [1.165, 1.54) is 5.56 Å². The second kappa shape index (κ2) is 5.97. The third kappa shape index (κ3) is 2.63. The van der Waals surface area contributed by atoms with Crippen molar-refractivity contribution in [3.63, 3.8) is 0 Å². The average molecular weight is 314 g/mol. The van der Waals surface area contributed by atoms with Crippen LogP contribution >= 0.6 is 0 Å².